The summed E-state index contributed by atoms with van der Waals surface area (Å²) >= 11 is 0. The van der Waals surface area contributed by atoms with Crippen molar-refractivity contribution in [3.8, 4) is 0 Å². The first kappa shape index (κ1) is 25.6. The van der Waals surface area contributed by atoms with Gasteiger partial charge in [0.1, 0.15) is 11.9 Å². The molecule has 0 aromatic heterocycles. The quantitative estimate of drug-likeness (QED) is 0.331. The van der Waals surface area contributed by atoms with Crippen LogP contribution in [0.1, 0.15) is 66.4 Å². The Bertz CT molecular complexity index is 658. The molecule has 164 valence electrons. The van der Waals surface area contributed by atoms with Gasteiger partial charge in [0, 0.05) is 17.8 Å². The van der Waals surface area contributed by atoms with Gasteiger partial charge in [0.2, 0.25) is 0 Å². The van der Waals surface area contributed by atoms with Crippen molar-refractivity contribution in [2.45, 2.75) is 92.1 Å². The van der Waals surface area contributed by atoms with E-state index < -0.39 is 13.5 Å². The maximum Gasteiger partial charge on any atom is 0.307 e. The van der Waals surface area contributed by atoms with Crippen molar-refractivity contribution in [2.24, 2.45) is 17.3 Å². The molecule has 0 amide bonds. The fourth-order valence-corrected chi connectivity index (χ4v) is 6.30. The summed E-state index contributed by atoms with van der Waals surface area (Å²) in [5.41, 5.74) is 0.357. The van der Waals surface area contributed by atoms with Crippen molar-refractivity contribution in [1.82, 2.24) is 0 Å². The maximum atomic E-state index is 13.6. The first-order valence-electron chi connectivity index (χ1n) is 10.9. The highest BCUT2D eigenvalue weighted by molar-refractivity contribution is 6.80. The zero-order valence-corrected chi connectivity index (χ0v) is 21.2. The molecule has 1 rings (SSSR count). The van der Waals surface area contributed by atoms with Gasteiger partial charge in [-0.1, -0.05) is 98.4 Å². The maximum absolute atomic E-state index is 13.6. The molecule has 2 unspecified atom stereocenters. The molecule has 0 N–H and O–H groups in total. The molecule has 0 aliphatic rings. The lowest BCUT2D eigenvalue weighted by Gasteiger charge is -2.37. The molecule has 0 aliphatic carbocycles. The Kier molecular flexibility index (Phi) is 8.88. The van der Waals surface area contributed by atoms with E-state index in [9.17, 15) is 9.59 Å². The minimum atomic E-state index is -1.98. The normalized spacial score (nSPS) is 14.9. The van der Waals surface area contributed by atoms with E-state index in [1.165, 1.54) is 0 Å². The number of hydrogen-bond acceptors (Lipinski definition) is 3. The summed E-state index contributed by atoms with van der Waals surface area (Å²) in [5, 5.41) is 0. The van der Waals surface area contributed by atoms with Crippen LogP contribution in [0.4, 0.5) is 0 Å². The fourth-order valence-electron chi connectivity index (χ4n) is 4.01. The summed E-state index contributed by atoms with van der Waals surface area (Å²) in [6, 6.07) is 10.0. The Labute approximate surface area is 179 Å². The van der Waals surface area contributed by atoms with Crippen molar-refractivity contribution in [3.05, 3.63) is 35.9 Å². The summed E-state index contributed by atoms with van der Waals surface area (Å²) in [5.74, 6) is 0.418. The Morgan fingerprint density at radius 1 is 0.931 bits per heavy atom. The molecule has 0 bridgehead atoms. The van der Waals surface area contributed by atoms with E-state index in [0.717, 1.165) is 5.56 Å². The van der Waals surface area contributed by atoms with Gasteiger partial charge in [-0.3, -0.25) is 9.59 Å². The number of rotatable bonds is 9. The van der Waals surface area contributed by atoms with Crippen molar-refractivity contribution in [2.75, 3.05) is 0 Å². The van der Waals surface area contributed by atoms with E-state index in [1.807, 2.05) is 51.1 Å². The molecule has 0 spiro atoms. The van der Waals surface area contributed by atoms with Crippen LogP contribution in [0.3, 0.4) is 0 Å². The second-order valence-electron chi connectivity index (χ2n) is 11.1. The zero-order valence-electron chi connectivity index (χ0n) is 20.2. The Hall–Kier alpha value is -1.42. The van der Waals surface area contributed by atoms with E-state index in [2.05, 4.69) is 47.3 Å². The van der Waals surface area contributed by atoms with E-state index in [0.29, 0.717) is 6.42 Å². The summed E-state index contributed by atoms with van der Waals surface area (Å²) < 4.78 is 6.12. The fraction of sp³-hybridized carbons (Fsp3) is 0.680. The molecule has 2 atom stereocenters. The number of esters is 1. The van der Waals surface area contributed by atoms with E-state index in [-0.39, 0.29) is 41.2 Å². The van der Waals surface area contributed by atoms with Gasteiger partial charge < -0.3 is 4.74 Å². The highest BCUT2D eigenvalue weighted by atomic mass is 28.3. The second-order valence-corrected chi connectivity index (χ2v) is 16.5. The van der Waals surface area contributed by atoms with Crippen molar-refractivity contribution in [3.63, 3.8) is 0 Å². The van der Waals surface area contributed by atoms with Crippen LogP contribution in [-0.4, -0.2) is 25.9 Å². The number of carbonyl (C=O) groups is 2. The number of ether oxygens (including phenoxy) is 1. The number of benzene rings is 1. The Morgan fingerprint density at radius 2 is 1.41 bits per heavy atom. The van der Waals surface area contributed by atoms with Gasteiger partial charge in [-0.05, 0) is 17.4 Å². The molecule has 4 heteroatoms. The standard InChI is InChI=1S/C25H42O3Si/c1-17(2)22(18(3)4)28-24(27)23(29(8,9)10)20(16-21(26)25(5,6)7)19-14-12-11-13-15-19/h11-15,17-18,20,22-23H,16H2,1-10H3. The number of hydrogen-bond donors (Lipinski definition) is 0. The molecule has 0 radical (unpaired) electrons. The second kappa shape index (κ2) is 10.1. The smallest absolute Gasteiger partial charge is 0.307 e. The summed E-state index contributed by atoms with van der Waals surface area (Å²) in [6.45, 7) is 20.9. The summed E-state index contributed by atoms with van der Waals surface area (Å²) in [7, 11) is -1.98. The van der Waals surface area contributed by atoms with Crippen LogP contribution in [0.5, 0.6) is 0 Å². The SMILES string of the molecule is CC(C)C(OC(=O)C(C(CC(=O)C(C)(C)C)c1ccccc1)[Si](C)(C)C)C(C)C. The van der Waals surface area contributed by atoms with E-state index >= 15 is 0 Å². The molecule has 0 heterocycles. The molecule has 3 nitrogen and oxygen atoms in total. The lowest BCUT2D eigenvalue weighted by Crippen LogP contribution is -2.42. The van der Waals surface area contributed by atoms with Gasteiger partial charge in [-0.2, -0.15) is 0 Å². The van der Waals surface area contributed by atoms with Crippen LogP contribution in [0.25, 0.3) is 0 Å². The predicted molar refractivity (Wildman–Crippen MR) is 125 cm³/mol. The van der Waals surface area contributed by atoms with Crippen molar-refractivity contribution >= 4 is 19.8 Å². The topological polar surface area (TPSA) is 43.4 Å². The van der Waals surface area contributed by atoms with Crippen molar-refractivity contribution in [1.29, 1.82) is 0 Å². The molecule has 0 fully saturated rings. The third-order valence-corrected chi connectivity index (χ3v) is 8.13. The van der Waals surface area contributed by atoms with Crippen LogP contribution in [0, 0.1) is 17.3 Å². The number of carbonyl (C=O) groups excluding carboxylic acids is 2. The average molecular weight is 419 g/mol. The Balaban J connectivity index is 3.39. The van der Waals surface area contributed by atoms with Crippen LogP contribution in [0.15, 0.2) is 30.3 Å². The first-order valence-corrected chi connectivity index (χ1v) is 14.5. The number of Topliss-reactive ketones (excluding diaryl/α,β-unsaturated/α-hetero) is 1. The third-order valence-electron chi connectivity index (χ3n) is 5.63. The van der Waals surface area contributed by atoms with Crippen LogP contribution >= 0.6 is 0 Å². The molecule has 1 aromatic carbocycles. The first-order chi connectivity index (χ1) is 13.2. The van der Waals surface area contributed by atoms with E-state index in [4.69, 9.17) is 4.74 Å². The molecule has 29 heavy (non-hydrogen) atoms. The zero-order chi connectivity index (χ0) is 22.6. The van der Waals surface area contributed by atoms with Gasteiger partial charge in [0.15, 0.2) is 0 Å². The largest absolute Gasteiger partial charge is 0.462 e. The lowest BCUT2D eigenvalue weighted by atomic mass is 9.81. The molecule has 1 aromatic rings. The molecule has 0 saturated heterocycles. The van der Waals surface area contributed by atoms with Crippen LogP contribution < -0.4 is 0 Å². The summed E-state index contributed by atoms with van der Waals surface area (Å²) in [6.07, 6.45) is 0.252. The van der Waals surface area contributed by atoms with Crippen molar-refractivity contribution < 1.29 is 14.3 Å². The van der Waals surface area contributed by atoms with Gasteiger partial charge in [0.25, 0.3) is 0 Å². The Morgan fingerprint density at radius 3 is 1.79 bits per heavy atom. The minimum absolute atomic E-state index is 0.115. The predicted octanol–water partition coefficient (Wildman–Crippen LogP) is 6.71. The van der Waals surface area contributed by atoms with Gasteiger partial charge in [-0.25, -0.2) is 0 Å². The molecular formula is C25H42O3Si. The number of ketones is 1. The minimum Gasteiger partial charge on any atom is -0.462 e. The van der Waals surface area contributed by atoms with Gasteiger partial charge in [-0.15, -0.1) is 0 Å². The van der Waals surface area contributed by atoms with E-state index in [1.54, 1.807) is 0 Å². The third kappa shape index (κ3) is 7.40. The summed E-state index contributed by atoms with van der Waals surface area (Å²) in [4.78, 5) is 26.6. The molecule has 0 aliphatic heterocycles. The highest BCUT2D eigenvalue weighted by Crippen LogP contribution is 2.42. The van der Waals surface area contributed by atoms with Gasteiger partial charge >= 0.3 is 5.97 Å². The average Bonchev–Trinajstić information content (AvgIpc) is 2.57. The highest BCUT2D eigenvalue weighted by Gasteiger charge is 2.44. The molecule has 0 saturated carbocycles. The lowest BCUT2D eigenvalue weighted by molar-refractivity contribution is -0.154. The van der Waals surface area contributed by atoms with Crippen LogP contribution in [0.2, 0.25) is 25.2 Å². The molecular weight excluding hydrogens is 376 g/mol. The van der Waals surface area contributed by atoms with Crippen LogP contribution in [-0.2, 0) is 14.3 Å². The monoisotopic (exact) mass is 418 g/mol. The van der Waals surface area contributed by atoms with Gasteiger partial charge in [0.05, 0.1) is 13.6 Å².